The van der Waals surface area contributed by atoms with Gasteiger partial charge in [0.05, 0.1) is 6.42 Å². The monoisotopic (exact) mass is 286 g/mol. The van der Waals surface area contributed by atoms with Gasteiger partial charge in [0, 0.05) is 18.2 Å². The predicted molar refractivity (Wildman–Crippen MR) is 72.9 cm³/mol. The van der Waals surface area contributed by atoms with Crippen molar-refractivity contribution in [2.24, 2.45) is 0 Å². The number of nitrogens with one attached hydrogen (secondary N) is 2. The number of benzene rings is 1. The molecule has 1 rings (SSSR count). The van der Waals surface area contributed by atoms with E-state index in [9.17, 15) is 13.6 Å². The lowest BCUT2D eigenvalue weighted by atomic mass is 10.1. The van der Waals surface area contributed by atoms with E-state index in [0.717, 1.165) is 6.54 Å². The Labute approximate surface area is 117 Å². The van der Waals surface area contributed by atoms with Crippen LogP contribution in [-0.2, 0) is 11.2 Å². The van der Waals surface area contributed by atoms with Crippen LogP contribution in [0.5, 0.6) is 5.75 Å². The smallest absolute Gasteiger partial charge is 0.387 e. The Hall–Kier alpha value is -1.69. The molecule has 112 valence electrons. The third kappa shape index (κ3) is 5.97. The number of carbonyl (C=O) groups excluding carboxylic acids is 1. The predicted octanol–water partition coefficient (Wildman–Crippen LogP) is 1.94. The molecule has 0 aliphatic heterocycles. The van der Waals surface area contributed by atoms with E-state index in [2.05, 4.69) is 15.4 Å². The van der Waals surface area contributed by atoms with Crippen molar-refractivity contribution in [3.63, 3.8) is 0 Å². The Morgan fingerprint density at radius 2 is 2.05 bits per heavy atom. The van der Waals surface area contributed by atoms with Gasteiger partial charge in [0.25, 0.3) is 0 Å². The van der Waals surface area contributed by atoms with E-state index in [4.69, 9.17) is 0 Å². The molecule has 0 unspecified atom stereocenters. The minimum atomic E-state index is -2.90. The van der Waals surface area contributed by atoms with E-state index in [1.807, 2.05) is 13.8 Å². The van der Waals surface area contributed by atoms with E-state index in [1.165, 1.54) is 6.07 Å². The number of alkyl halides is 2. The Morgan fingerprint density at radius 3 is 2.70 bits per heavy atom. The molecule has 1 aromatic rings. The van der Waals surface area contributed by atoms with Crippen LogP contribution in [0.4, 0.5) is 8.78 Å². The number of halogens is 2. The first kappa shape index (κ1) is 16.4. The number of hydrogen-bond donors (Lipinski definition) is 2. The number of rotatable bonds is 8. The van der Waals surface area contributed by atoms with Crippen LogP contribution in [0.2, 0.25) is 0 Å². The molecule has 20 heavy (non-hydrogen) atoms. The van der Waals surface area contributed by atoms with Gasteiger partial charge in [-0.15, -0.1) is 0 Å². The largest absolute Gasteiger partial charge is 0.435 e. The van der Waals surface area contributed by atoms with E-state index in [1.54, 1.807) is 18.2 Å². The van der Waals surface area contributed by atoms with Crippen LogP contribution < -0.4 is 15.4 Å². The lowest BCUT2D eigenvalue weighted by Gasteiger charge is -2.14. The third-order valence-corrected chi connectivity index (χ3v) is 2.70. The fourth-order valence-corrected chi connectivity index (χ4v) is 1.78. The molecule has 0 radical (unpaired) electrons. The van der Waals surface area contributed by atoms with Crippen molar-refractivity contribution in [2.45, 2.75) is 32.9 Å². The van der Waals surface area contributed by atoms with Gasteiger partial charge in [0.1, 0.15) is 5.75 Å². The van der Waals surface area contributed by atoms with Crippen LogP contribution in [0.25, 0.3) is 0 Å². The molecule has 1 aromatic carbocycles. The van der Waals surface area contributed by atoms with E-state index < -0.39 is 6.61 Å². The summed E-state index contributed by atoms with van der Waals surface area (Å²) in [6.07, 6.45) is 0.0156. The summed E-state index contributed by atoms with van der Waals surface area (Å²) < 4.78 is 28.9. The Morgan fingerprint density at radius 1 is 1.35 bits per heavy atom. The average Bonchev–Trinajstić information content (AvgIpc) is 2.38. The molecule has 0 saturated carbocycles. The van der Waals surface area contributed by atoms with Gasteiger partial charge < -0.3 is 15.4 Å². The maximum absolute atomic E-state index is 12.2. The van der Waals surface area contributed by atoms with E-state index >= 15 is 0 Å². The summed E-state index contributed by atoms with van der Waals surface area (Å²) >= 11 is 0. The zero-order valence-corrected chi connectivity index (χ0v) is 11.7. The van der Waals surface area contributed by atoms with Crippen molar-refractivity contribution in [1.82, 2.24) is 10.6 Å². The van der Waals surface area contributed by atoms with Crippen LogP contribution >= 0.6 is 0 Å². The van der Waals surface area contributed by atoms with Gasteiger partial charge in [-0.2, -0.15) is 8.78 Å². The van der Waals surface area contributed by atoms with Crippen LogP contribution in [0.15, 0.2) is 24.3 Å². The highest BCUT2D eigenvalue weighted by Crippen LogP contribution is 2.20. The molecular weight excluding hydrogens is 266 g/mol. The molecule has 0 spiro atoms. The second kappa shape index (κ2) is 8.47. The summed E-state index contributed by atoms with van der Waals surface area (Å²) in [7, 11) is 0. The SMILES string of the molecule is CCN[C@H](C)CNC(=O)Cc1ccccc1OC(F)F. The highest BCUT2D eigenvalue weighted by molar-refractivity contribution is 5.79. The maximum Gasteiger partial charge on any atom is 0.387 e. The first-order chi connectivity index (χ1) is 9.52. The van der Waals surface area contributed by atoms with Crippen LogP contribution in [0.1, 0.15) is 19.4 Å². The molecule has 0 aliphatic rings. The number of hydrogen-bond acceptors (Lipinski definition) is 3. The molecule has 0 bridgehead atoms. The zero-order valence-electron chi connectivity index (χ0n) is 11.7. The van der Waals surface area contributed by atoms with Crippen molar-refractivity contribution >= 4 is 5.91 Å². The van der Waals surface area contributed by atoms with Crippen LogP contribution in [-0.4, -0.2) is 31.7 Å². The molecule has 0 heterocycles. The zero-order chi connectivity index (χ0) is 15.0. The number of likely N-dealkylation sites (N-methyl/N-ethyl adjacent to an activating group) is 1. The quantitative estimate of drug-likeness (QED) is 0.768. The molecular formula is C14H20F2N2O2. The third-order valence-electron chi connectivity index (χ3n) is 2.70. The lowest BCUT2D eigenvalue weighted by molar-refractivity contribution is -0.120. The van der Waals surface area contributed by atoms with Crippen molar-refractivity contribution in [3.8, 4) is 5.75 Å². The van der Waals surface area contributed by atoms with Crippen molar-refractivity contribution in [1.29, 1.82) is 0 Å². The van der Waals surface area contributed by atoms with Gasteiger partial charge >= 0.3 is 6.61 Å². The number of carbonyl (C=O) groups is 1. The summed E-state index contributed by atoms with van der Waals surface area (Å²) in [5.41, 5.74) is 0.446. The molecule has 0 fully saturated rings. The summed E-state index contributed by atoms with van der Waals surface area (Å²) in [5.74, 6) is -0.183. The van der Waals surface area contributed by atoms with Crippen LogP contribution in [0, 0.1) is 0 Å². The molecule has 0 aliphatic carbocycles. The fourth-order valence-electron chi connectivity index (χ4n) is 1.78. The molecule has 0 saturated heterocycles. The van der Waals surface area contributed by atoms with E-state index in [0.29, 0.717) is 12.1 Å². The molecule has 2 N–H and O–H groups in total. The highest BCUT2D eigenvalue weighted by Gasteiger charge is 2.12. The number of amides is 1. The minimum absolute atomic E-state index is 0.0156. The topological polar surface area (TPSA) is 50.4 Å². The number of para-hydroxylation sites is 1. The van der Waals surface area contributed by atoms with E-state index in [-0.39, 0.29) is 24.1 Å². The molecule has 1 amide bonds. The summed E-state index contributed by atoms with van der Waals surface area (Å²) in [5, 5.41) is 5.92. The lowest BCUT2D eigenvalue weighted by Crippen LogP contribution is -2.39. The van der Waals surface area contributed by atoms with Gasteiger partial charge in [-0.1, -0.05) is 25.1 Å². The maximum atomic E-state index is 12.2. The first-order valence-electron chi connectivity index (χ1n) is 6.55. The molecule has 6 heteroatoms. The van der Waals surface area contributed by atoms with Crippen molar-refractivity contribution in [2.75, 3.05) is 13.1 Å². The fraction of sp³-hybridized carbons (Fsp3) is 0.500. The molecule has 0 aromatic heterocycles. The standard InChI is InChI=1S/C14H20F2N2O2/c1-3-17-10(2)9-18-13(19)8-11-6-4-5-7-12(11)20-14(15)16/h4-7,10,14,17H,3,8-9H2,1-2H3,(H,18,19)/t10-/m1/s1. The van der Waals surface area contributed by atoms with Crippen LogP contribution in [0.3, 0.4) is 0 Å². The van der Waals surface area contributed by atoms with Gasteiger partial charge in [0.15, 0.2) is 0 Å². The summed E-state index contributed by atoms with van der Waals surface area (Å²) in [6, 6.07) is 6.46. The molecule has 4 nitrogen and oxygen atoms in total. The first-order valence-corrected chi connectivity index (χ1v) is 6.55. The number of ether oxygens (including phenoxy) is 1. The average molecular weight is 286 g/mol. The van der Waals surface area contributed by atoms with Gasteiger partial charge in [-0.25, -0.2) is 0 Å². The Bertz CT molecular complexity index is 427. The Kier molecular flexibility index (Phi) is 6.93. The second-order valence-electron chi connectivity index (χ2n) is 4.43. The van der Waals surface area contributed by atoms with Gasteiger partial charge in [0.2, 0.25) is 5.91 Å². The van der Waals surface area contributed by atoms with Crippen molar-refractivity contribution in [3.05, 3.63) is 29.8 Å². The summed E-state index contributed by atoms with van der Waals surface area (Å²) in [6.45, 7) is 2.36. The molecule has 1 atom stereocenters. The van der Waals surface area contributed by atoms with Gasteiger partial charge in [-0.3, -0.25) is 4.79 Å². The van der Waals surface area contributed by atoms with Crippen molar-refractivity contribution < 1.29 is 18.3 Å². The normalized spacial score (nSPS) is 12.2. The minimum Gasteiger partial charge on any atom is -0.435 e. The Balaban J connectivity index is 2.53. The second-order valence-corrected chi connectivity index (χ2v) is 4.43. The summed E-state index contributed by atoms with van der Waals surface area (Å²) in [4.78, 5) is 11.8. The van der Waals surface area contributed by atoms with Gasteiger partial charge in [-0.05, 0) is 19.5 Å². The highest BCUT2D eigenvalue weighted by atomic mass is 19.3.